The molecule has 0 bridgehead atoms. The zero-order valence-electron chi connectivity index (χ0n) is 16.1. The van der Waals surface area contributed by atoms with Crippen LogP contribution in [0.5, 0.6) is 0 Å². The maximum atomic E-state index is 12.8. The van der Waals surface area contributed by atoms with Crippen molar-refractivity contribution < 1.29 is 9.59 Å². The first-order valence-electron chi connectivity index (χ1n) is 9.58. The van der Waals surface area contributed by atoms with Crippen LogP contribution in [0.3, 0.4) is 0 Å². The quantitative estimate of drug-likeness (QED) is 0.713. The SMILES string of the molecule is Cn1nc(CC(=O)N2CCC(NC(=O)c3ccsc3)CC2)c2ccccc2c1=O. The minimum absolute atomic E-state index is 0.0103. The number of likely N-dealkylation sites (tertiary alicyclic amines) is 1. The molecule has 1 saturated heterocycles. The molecule has 1 N–H and O–H groups in total. The fourth-order valence-corrected chi connectivity index (χ4v) is 4.33. The Bertz CT molecular complexity index is 1100. The third kappa shape index (κ3) is 4.07. The Balaban J connectivity index is 1.40. The van der Waals surface area contributed by atoms with Gasteiger partial charge in [0, 0.05) is 42.5 Å². The third-order valence-electron chi connectivity index (χ3n) is 5.32. The first-order chi connectivity index (χ1) is 14.0. The van der Waals surface area contributed by atoms with E-state index in [9.17, 15) is 14.4 Å². The number of benzene rings is 1. The van der Waals surface area contributed by atoms with Crippen molar-refractivity contribution in [2.45, 2.75) is 25.3 Å². The van der Waals surface area contributed by atoms with E-state index in [0.29, 0.717) is 29.7 Å². The van der Waals surface area contributed by atoms with Crippen LogP contribution in [0.2, 0.25) is 0 Å². The highest BCUT2D eigenvalue weighted by Gasteiger charge is 2.25. The standard InChI is InChI=1S/C21H22N4O3S/c1-24-21(28)17-5-3-2-4-16(17)18(23-24)12-19(26)25-9-6-15(7-10-25)22-20(27)14-8-11-29-13-14/h2-5,8,11,13,15H,6-7,9-10,12H2,1H3,(H,22,27). The zero-order chi connectivity index (χ0) is 20.4. The van der Waals surface area contributed by atoms with Crippen LogP contribution in [-0.2, 0) is 18.3 Å². The van der Waals surface area contributed by atoms with Crippen molar-refractivity contribution >= 4 is 33.9 Å². The minimum Gasteiger partial charge on any atom is -0.349 e. The fraction of sp³-hybridized carbons (Fsp3) is 0.333. The van der Waals surface area contributed by atoms with E-state index in [2.05, 4.69) is 10.4 Å². The van der Waals surface area contributed by atoms with E-state index >= 15 is 0 Å². The molecular formula is C21H22N4O3S. The molecule has 8 heteroatoms. The van der Waals surface area contributed by atoms with Gasteiger partial charge in [0.05, 0.1) is 17.5 Å². The predicted molar refractivity (Wildman–Crippen MR) is 112 cm³/mol. The van der Waals surface area contributed by atoms with Crippen LogP contribution in [0, 0.1) is 0 Å². The summed E-state index contributed by atoms with van der Waals surface area (Å²) in [6, 6.07) is 9.13. The molecule has 0 radical (unpaired) electrons. The fourth-order valence-electron chi connectivity index (χ4n) is 3.70. The zero-order valence-corrected chi connectivity index (χ0v) is 16.9. The first-order valence-corrected chi connectivity index (χ1v) is 10.5. The highest BCUT2D eigenvalue weighted by molar-refractivity contribution is 7.08. The number of carbonyl (C=O) groups is 2. The summed E-state index contributed by atoms with van der Waals surface area (Å²) in [5.41, 5.74) is 1.13. The van der Waals surface area contributed by atoms with Crippen LogP contribution in [-0.4, -0.2) is 45.6 Å². The number of carbonyl (C=O) groups excluding carboxylic acids is 2. The van der Waals surface area contributed by atoms with Crippen molar-refractivity contribution in [3.8, 4) is 0 Å². The summed E-state index contributed by atoms with van der Waals surface area (Å²) in [6.45, 7) is 1.19. The second-order valence-electron chi connectivity index (χ2n) is 7.24. The molecule has 0 aliphatic carbocycles. The minimum atomic E-state index is -0.168. The number of piperidine rings is 1. The lowest BCUT2D eigenvalue weighted by Crippen LogP contribution is -2.47. The number of fused-ring (bicyclic) bond motifs is 1. The highest BCUT2D eigenvalue weighted by atomic mass is 32.1. The monoisotopic (exact) mass is 410 g/mol. The lowest BCUT2D eigenvalue weighted by Gasteiger charge is -2.32. The molecule has 3 aromatic rings. The van der Waals surface area contributed by atoms with Gasteiger partial charge in [-0.1, -0.05) is 18.2 Å². The maximum Gasteiger partial charge on any atom is 0.274 e. The van der Waals surface area contributed by atoms with Gasteiger partial charge < -0.3 is 10.2 Å². The number of aryl methyl sites for hydroxylation is 1. The largest absolute Gasteiger partial charge is 0.349 e. The summed E-state index contributed by atoms with van der Waals surface area (Å²) in [6.07, 6.45) is 1.60. The topological polar surface area (TPSA) is 84.3 Å². The summed E-state index contributed by atoms with van der Waals surface area (Å²) in [4.78, 5) is 39.1. The first kappa shape index (κ1) is 19.3. The summed E-state index contributed by atoms with van der Waals surface area (Å²) in [5, 5.41) is 12.4. The van der Waals surface area contributed by atoms with Crippen molar-refractivity contribution in [1.82, 2.24) is 20.0 Å². The third-order valence-corrected chi connectivity index (χ3v) is 6.00. The number of amides is 2. The number of thiophene rings is 1. The van der Waals surface area contributed by atoms with Gasteiger partial charge in [-0.25, -0.2) is 4.68 Å². The Labute approximate surface area is 172 Å². The van der Waals surface area contributed by atoms with E-state index in [-0.39, 0.29) is 29.8 Å². The number of rotatable bonds is 4. The second-order valence-corrected chi connectivity index (χ2v) is 8.02. The van der Waals surface area contributed by atoms with Gasteiger partial charge in [0.25, 0.3) is 11.5 Å². The van der Waals surface area contributed by atoms with Crippen LogP contribution in [0.15, 0.2) is 45.9 Å². The van der Waals surface area contributed by atoms with Crippen LogP contribution in [0.25, 0.3) is 10.8 Å². The van der Waals surface area contributed by atoms with E-state index in [1.807, 2.05) is 39.9 Å². The van der Waals surface area contributed by atoms with E-state index in [1.165, 1.54) is 16.0 Å². The van der Waals surface area contributed by atoms with E-state index in [4.69, 9.17) is 0 Å². The van der Waals surface area contributed by atoms with Crippen molar-refractivity contribution in [1.29, 1.82) is 0 Å². The smallest absolute Gasteiger partial charge is 0.274 e. The summed E-state index contributed by atoms with van der Waals surface area (Å²) in [7, 11) is 1.60. The molecule has 7 nitrogen and oxygen atoms in total. The molecule has 150 valence electrons. The number of hydrogen-bond donors (Lipinski definition) is 1. The van der Waals surface area contributed by atoms with Crippen molar-refractivity contribution in [3.63, 3.8) is 0 Å². The van der Waals surface area contributed by atoms with E-state index in [1.54, 1.807) is 13.1 Å². The number of nitrogens with zero attached hydrogens (tertiary/aromatic N) is 3. The number of aromatic nitrogens is 2. The summed E-state index contributed by atoms with van der Waals surface area (Å²) < 4.78 is 1.29. The van der Waals surface area contributed by atoms with Gasteiger partial charge in [0.15, 0.2) is 0 Å². The Morgan fingerprint density at radius 3 is 2.59 bits per heavy atom. The summed E-state index contributed by atoms with van der Waals surface area (Å²) in [5.74, 6) is -0.0687. The second kappa shape index (κ2) is 8.16. The molecular weight excluding hydrogens is 388 g/mol. The highest BCUT2D eigenvalue weighted by Crippen LogP contribution is 2.17. The van der Waals surface area contributed by atoms with Gasteiger partial charge >= 0.3 is 0 Å². The van der Waals surface area contributed by atoms with Crippen LogP contribution in [0.1, 0.15) is 28.9 Å². The van der Waals surface area contributed by atoms with Gasteiger partial charge in [-0.2, -0.15) is 16.4 Å². The molecule has 2 aromatic heterocycles. The van der Waals surface area contributed by atoms with E-state index in [0.717, 1.165) is 18.2 Å². The van der Waals surface area contributed by atoms with Crippen LogP contribution < -0.4 is 10.9 Å². The molecule has 0 spiro atoms. The van der Waals surface area contributed by atoms with Gasteiger partial charge in [-0.05, 0) is 30.4 Å². The van der Waals surface area contributed by atoms with Crippen molar-refractivity contribution in [3.05, 3.63) is 62.7 Å². The molecule has 0 unspecified atom stereocenters. The Hall–Kier alpha value is -3.00. The molecule has 1 aromatic carbocycles. The number of hydrogen-bond acceptors (Lipinski definition) is 5. The summed E-state index contributed by atoms with van der Waals surface area (Å²) >= 11 is 1.50. The lowest BCUT2D eigenvalue weighted by atomic mass is 10.0. The average Bonchev–Trinajstić information content (AvgIpc) is 3.27. The Kier molecular flexibility index (Phi) is 5.44. The van der Waals surface area contributed by atoms with Crippen LogP contribution >= 0.6 is 11.3 Å². The Morgan fingerprint density at radius 1 is 1.17 bits per heavy atom. The van der Waals surface area contributed by atoms with Gasteiger partial charge in [-0.15, -0.1) is 0 Å². The van der Waals surface area contributed by atoms with Crippen molar-refractivity contribution in [2.24, 2.45) is 7.05 Å². The predicted octanol–water partition coefficient (Wildman–Crippen LogP) is 1.96. The van der Waals surface area contributed by atoms with Gasteiger partial charge in [-0.3, -0.25) is 14.4 Å². The molecule has 0 atom stereocenters. The lowest BCUT2D eigenvalue weighted by molar-refractivity contribution is -0.131. The molecule has 0 saturated carbocycles. The normalized spacial score (nSPS) is 14.9. The maximum absolute atomic E-state index is 12.8. The Morgan fingerprint density at radius 2 is 1.90 bits per heavy atom. The molecule has 4 rings (SSSR count). The molecule has 1 aliphatic rings. The molecule has 29 heavy (non-hydrogen) atoms. The molecule has 3 heterocycles. The van der Waals surface area contributed by atoms with E-state index < -0.39 is 0 Å². The van der Waals surface area contributed by atoms with Gasteiger partial charge in [0.1, 0.15) is 0 Å². The average molecular weight is 410 g/mol. The molecule has 1 aliphatic heterocycles. The number of nitrogens with one attached hydrogen (secondary N) is 1. The molecule has 1 fully saturated rings. The van der Waals surface area contributed by atoms with Crippen LogP contribution in [0.4, 0.5) is 0 Å². The van der Waals surface area contributed by atoms with Gasteiger partial charge in [0.2, 0.25) is 5.91 Å². The molecule has 2 amide bonds. The van der Waals surface area contributed by atoms with Crippen molar-refractivity contribution in [2.75, 3.05) is 13.1 Å².